The smallest absolute Gasteiger partial charge is 0.291 e. The van der Waals surface area contributed by atoms with Gasteiger partial charge in [0.05, 0.1) is 22.8 Å². The highest BCUT2D eigenvalue weighted by Gasteiger charge is 2.17. The number of fused-ring (bicyclic) bond motifs is 3. The molecule has 0 unspecified atom stereocenters. The van der Waals surface area contributed by atoms with E-state index in [1.807, 2.05) is 13.1 Å². The van der Waals surface area contributed by atoms with Gasteiger partial charge in [-0.05, 0) is 6.07 Å². The molecule has 8 nitrogen and oxygen atoms in total. The van der Waals surface area contributed by atoms with Gasteiger partial charge in [0.15, 0.2) is 5.65 Å². The molecular formula is C13H13N7O. The molecule has 0 aromatic carbocycles. The molecule has 2 N–H and O–H groups in total. The minimum atomic E-state index is -0.129. The second-order valence-electron chi connectivity index (χ2n) is 5.02. The van der Waals surface area contributed by atoms with Gasteiger partial charge in [-0.3, -0.25) is 9.89 Å². The Kier molecular flexibility index (Phi) is 2.29. The van der Waals surface area contributed by atoms with Crippen LogP contribution in [-0.4, -0.2) is 34.5 Å². The molecule has 0 saturated carbocycles. The zero-order valence-electron chi connectivity index (χ0n) is 11.6. The summed E-state index contributed by atoms with van der Waals surface area (Å²) in [6.07, 6.45) is 4.08. The minimum Gasteiger partial charge on any atom is -0.340 e. The Bertz CT molecular complexity index is 1000. The first kappa shape index (κ1) is 11.9. The molecule has 0 amide bonds. The average molecular weight is 283 g/mol. The first-order valence-electron chi connectivity index (χ1n) is 6.53. The second kappa shape index (κ2) is 4.05. The van der Waals surface area contributed by atoms with E-state index in [0.717, 1.165) is 28.1 Å². The van der Waals surface area contributed by atoms with E-state index in [1.165, 1.54) is 4.68 Å². The fraction of sp³-hybridized carbons (Fsp3) is 0.231. The van der Waals surface area contributed by atoms with Gasteiger partial charge < -0.3 is 9.55 Å². The highest BCUT2D eigenvalue weighted by atomic mass is 16.1. The maximum absolute atomic E-state index is 12.2. The van der Waals surface area contributed by atoms with E-state index in [-0.39, 0.29) is 5.56 Å². The lowest BCUT2D eigenvalue weighted by Gasteiger charge is -1.99. The summed E-state index contributed by atoms with van der Waals surface area (Å²) >= 11 is 0. The van der Waals surface area contributed by atoms with E-state index in [4.69, 9.17) is 0 Å². The van der Waals surface area contributed by atoms with Crippen molar-refractivity contribution in [3.8, 4) is 0 Å². The molecule has 0 bridgehead atoms. The van der Waals surface area contributed by atoms with Crippen molar-refractivity contribution in [1.29, 1.82) is 0 Å². The predicted molar refractivity (Wildman–Crippen MR) is 77.0 cm³/mol. The Hall–Kier alpha value is -2.90. The van der Waals surface area contributed by atoms with Crippen LogP contribution < -0.4 is 5.56 Å². The lowest BCUT2D eigenvalue weighted by Crippen LogP contribution is -2.20. The molecule has 4 rings (SSSR count). The van der Waals surface area contributed by atoms with E-state index >= 15 is 0 Å². The average Bonchev–Trinajstić information content (AvgIpc) is 3.15. The molecule has 0 saturated heterocycles. The summed E-state index contributed by atoms with van der Waals surface area (Å²) in [5, 5.41) is 11.8. The number of hydrogen-bond acceptors (Lipinski definition) is 4. The Labute approximate surface area is 118 Å². The number of H-pyrrole nitrogens is 2. The SMILES string of the molecule is Cn1ncc2c3[nH]c(Cc4cc[nH]n4)nc3n(C)c2c1=O. The number of aromatic amines is 2. The van der Waals surface area contributed by atoms with Gasteiger partial charge in [0, 0.05) is 26.7 Å². The number of aryl methyl sites for hydroxylation is 2. The molecule has 106 valence electrons. The highest BCUT2D eigenvalue weighted by molar-refractivity contribution is 6.03. The molecule has 8 heteroatoms. The summed E-state index contributed by atoms with van der Waals surface area (Å²) in [5.41, 5.74) is 2.97. The van der Waals surface area contributed by atoms with Crippen LogP contribution in [0.2, 0.25) is 0 Å². The standard InChI is InChI=1S/C13H13N7O/c1-19-11-8(6-15-20(2)13(11)21)10-12(19)17-9(16-10)5-7-3-4-14-18-7/h3-4,6H,5H2,1-2H3,(H,14,18)(H,16,17). The van der Waals surface area contributed by atoms with Crippen LogP contribution in [0.3, 0.4) is 0 Å². The number of nitrogens with zero attached hydrogens (tertiary/aromatic N) is 5. The topological polar surface area (TPSA) is 97.2 Å². The van der Waals surface area contributed by atoms with E-state index < -0.39 is 0 Å². The third-order valence-electron chi connectivity index (χ3n) is 3.67. The lowest BCUT2D eigenvalue weighted by molar-refractivity contribution is 0.713. The van der Waals surface area contributed by atoms with Crippen molar-refractivity contribution in [3.63, 3.8) is 0 Å². The van der Waals surface area contributed by atoms with Gasteiger partial charge in [-0.1, -0.05) is 0 Å². The Morgan fingerprint density at radius 3 is 2.95 bits per heavy atom. The summed E-state index contributed by atoms with van der Waals surface area (Å²) in [4.78, 5) is 20.0. The molecule has 0 fully saturated rings. The number of imidazole rings is 1. The largest absolute Gasteiger partial charge is 0.340 e. The van der Waals surface area contributed by atoms with Gasteiger partial charge in [0.25, 0.3) is 5.56 Å². The molecule has 0 aliphatic heterocycles. The van der Waals surface area contributed by atoms with Crippen LogP contribution in [0.25, 0.3) is 22.1 Å². The van der Waals surface area contributed by atoms with Crippen molar-refractivity contribution in [1.82, 2.24) is 34.5 Å². The van der Waals surface area contributed by atoms with Gasteiger partial charge >= 0.3 is 0 Å². The van der Waals surface area contributed by atoms with E-state index in [1.54, 1.807) is 24.0 Å². The van der Waals surface area contributed by atoms with Crippen molar-refractivity contribution in [2.24, 2.45) is 14.1 Å². The Morgan fingerprint density at radius 1 is 1.33 bits per heavy atom. The normalized spacial score (nSPS) is 11.7. The highest BCUT2D eigenvalue weighted by Crippen LogP contribution is 2.23. The quantitative estimate of drug-likeness (QED) is 0.558. The van der Waals surface area contributed by atoms with Crippen LogP contribution in [0.4, 0.5) is 0 Å². The molecular weight excluding hydrogens is 270 g/mol. The minimum absolute atomic E-state index is 0.129. The van der Waals surface area contributed by atoms with Crippen molar-refractivity contribution >= 4 is 22.1 Å². The van der Waals surface area contributed by atoms with Crippen molar-refractivity contribution < 1.29 is 0 Å². The molecule has 21 heavy (non-hydrogen) atoms. The van der Waals surface area contributed by atoms with Crippen LogP contribution in [0.1, 0.15) is 11.5 Å². The molecule has 0 aliphatic rings. The van der Waals surface area contributed by atoms with Crippen molar-refractivity contribution in [2.45, 2.75) is 6.42 Å². The zero-order chi connectivity index (χ0) is 14.6. The Morgan fingerprint density at radius 2 is 2.19 bits per heavy atom. The summed E-state index contributed by atoms with van der Waals surface area (Å²) in [6.45, 7) is 0. The van der Waals surface area contributed by atoms with Crippen molar-refractivity contribution in [2.75, 3.05) is 0 Å². The summed E-state index contributed by atoms with van der Waals surface area (Å²) < 4.78 is 3.13. The predicted octanol–water partition coefficient (Wildman–Crippen LogP) is 0.462. The Balaban J connectivity index is 1.95. The third-order valence-corrected chi connectivity index (χ3v) is 3.67. The van der Waals surface area contributed by atoms with Crippen LogP contribution >= 0.6 is 0 Å². The molecule has 4 heterocycles. The third kappa shape index (κ3) is 1.62. The van der Waals surface area contributed by atoms with Gasteiger partial charge in [-0.15, -0.1) is 0 Å². The maximum atomic E-state index is 12.2. The first-order valence-corrected chi connectivity index (χ1v) is 6.53. The number of rotatable bonds is 2. The van der Waals surface area contributed by atoms with Gasteiger partial charge in [0.1, 0.15) is 11.3 Å². The van der Waals surface area contributed by atoms with E-state index in [2.05, 4.69) is 25.3 Å². The van der Waals surface area contributed by atoms with Crippen molar-refractivity contribution in [3.05, 3.63) is 40.3 Å². The number of nitrogens with one attached hydrogen (secondary N) is 2. The monoisotopic (exact) mass is 283 g/mol. The van der Waals surface area contributed by atoms with Gasteiger partial charge in [-0.2, -0.15) is 10.2 Å². The van der Waals surface area contributed by atoms with Gasteiger partial charge in [-0.25, -0.2) is 9.67 Å². The van der Waals surface area contributed by atoms with E-state index in [0.29, 0.717) is 11.9 Å². The lowest BCUT2D eigenvalue weighted by atomic mass is 10.3. The number of aromatic nitrogens is 7. The van der Waals surface area contributed by atoms with Crippen LogP contribution in [0.5, 0.6) is 0 Å². The van der Waals surface area contributed by atoms with Crippen LogP contribution in [0, 0.1) is 0 Å². The maximum Gasteiger partial charge on any atom is 0.291 e. The molecule has 4 aromatic heterocycles. The number of hydrogen-bond donors (Lipinski definition) is 2. The summed E-state index contributed by atoms with van der Waals surface area (Å²) in [5.74, 6) is 0.810. The van der Waals surface area contributed by atoms with Gasteiger partial charge in [0.2, 0.25) is 0 Å². The molecule has 0 spiro atoms. The summed E-state index contributed by atoms with van der Waals surface area (Å²) in [7, 11) is 3.48. The fourth-order valence-corrected chi connectivity index (χ4v) is 2.63. The zero-order valence-corrected chi connectivity index (χ0v) is 11.6. The first-order chi connectivity index (χ1) is 10.1. The fourth-order valence-electron chi connectivity index (χ4n) is 2.63. The van der Waals surface area contributed by atoms with Crippen LogP contribution in [-0.2, 0) is 20.5 Å². The molecule has 0 atom stereocenters. The molecule has 0 aliphatic carbocycles. The summed E-state index contributed by atoms with van der Waals surface area (Å²) in [6, 6.07) is 1.91. The molecule has 0 radical (unpaired) electrons. The second-order valence-corrected chi connectivity index (χ2v) is 5.02. The molecule has 4 aromatic rings. The van der Waals surface area contributed by atoms with E-state index in [9.17, 15) is 4.79 Å². The van der Waals surface area contributed by atoms with Crippen LogP contribution in [0.15, 0.2) is 23.3 Å².